The van der Waals surface area contributed by atoms with E-state index >= 15 is 0 Å². The Kier molecular flexibility index (Phi) is 4.89. The molecule has 0 bridgehead atoms. The highest BCUT2D eigenvalue weighted by molar-refractivity contribution is 7.89. The molecule has 1 atom stereocenters. The minimum atomic E-state index is -3.73. The van der Waals surface area contributed by atoms with Crippen LogP contribution < -0.4 is 10.3 Å². The summed E-state index contributed by atoms with van der Waals surface area (Å²) < 4.78 is 26.2. The summed E-state index contributed by atoms with van der Waals surface area (Å²) in [6, 6.07) is 2.36. The molecule has 0 aliphatic carbocycles. The monoisotopic (exact) mass is 288 g/mol. The minimum absolute atomic E-state index is 0.0348. The predicted octanol–water partition coefficient (Wildman–Crippen LogP) is 0.450. The van der Waals surface area contributed by atoms with Crippen LogP contribution in [-0.2, 0) is 10.0 Å². The van der Waals surface area contributed by atoms with Gasteiger partial charge in [0.05, 0.1) is 10.5 Å². The zero-order valence-corrected chi connectivity index (χ0v) is 12.1. The fourth-order valence-electron chi connectivity index (χ4n) is 1.85. The maximum atomic E-state index is 11.9. The summed E-state index contributed by atoms with van der Waals surface area (Å²) in [5.41, 5.74) is -1.48. The largest absolute Gasteiger partial charge is 0.389 e. The van der Waals surface area contributed by atoms with Gasteiger partial charge in [0.1, 0.15) is 0 Å². The Balaban J connectivity index is 2.76. The van der Waals surface area contributed by atoms with E-state index in [9.17, 15) is 18.3 Å². The van der Waals surface area contributed by atoms with Gasteiger partial charge in [0.25, 0.3) is 0 Å². The van der Waals surface area contributed by atoms with E-state index in [1.807, 2.05) is 13.8 Å². The summed E-state index contributed by atoms with van der Waals surface area (Å²) in [6.07, 6.45) is 1.61. The number of sulfonamides is 1. The van der Waals surface area contributed by atoms with E-state index in [4.69, 9.17) is 0 Å². The highest BCUT2D eigenvalue weighted by Gasteiger charge is 2.25. The average Bonchev–Trinajstić information content (AvgIpc) is 2.26. The molecule has 0 radical (unpaired) electrons. The lowest BCUT2D eigenvalue weighted by molar-refractivity contribution is 0.0437. The Labute approximate surface area is 112 Å². The highest BCUT2D eigenvalue weighted by Crippen LogP contribution is 2.16. The van der Waals surface area contributed by atoms with Crippen molar-refractivity contribution in [2.75, 3.05) is 6.54 Å². The fourth-order valence-corrected chi connectivity index (χ4v) is 2.98. The topological polar surface area (TPSA) is 99.3 Å². The third-order valence-electron chi connectivity index (χ3n) is 2.56. The third-order valence-corrected chi connectivity index (χ3v) is 3.96. The second-order valence-electron chi connectivity index (χ2n) is 5.31. The first-order valence-corrected chi connectivity index (χ1v) is 7.51. The second-order valence-corrected chi connectivity index (χ2v) is 7.08. The van der Waals surface area contributed by atoms with E-state index in [0.717, 1.165) is 12.3 Å². The van der Waals surface area contributed by atoms with Gasteiger partial charge in [0.15, 0.2) is 0 Å². The fraction of sp³-hybridized carbons (Fsp3) is 0.583. The number of aliphatic hydroxyl groups is 1. The van der Waals surface area contributed by atoms with Crippen LogP contribution in [0, 0.1) is 5.92 Å². The number of H-pyrrole nitrogens is 1. The molecule has 0 aliphatic rings. The third kappa shape index (κ3) is 5.14. The maximum absolute atomic E-state index is 11.9. The van der Waals surface area contributed by atoms with Gasteiger partial charge in [-0.2, -0.15) is 0 Å². The maximum Gasteiger partial charge on any atom is 0.247 e. The molecule has 19 heavy (non-hydrogen) atoms. The molecule has 0 amide bonds. The van der Waals surface area contributed by atoms with Gasteiger partial charge >= 0.3 is 0 Å². The number of hydrogen-bond donors (Lipinski definition) is 3. The van der Waals surface area contributed by atoms with Crippen molar-refractivity contribution in [3.8, 4) is 0 Å². The summed E-state index contributed by atoms with van der Waals surface area (Å²) in [4.78, 5) is 13.1. The first-order valence-electron chi connectivity index (χ1n) is 6.03. The van der Waals surface area contributed by atoms with Crippen LogP contribution in [0.2, 0.25) is 0 Å². The van der Waals surface area contributed by atoms with Gasteiger partial charge < -0.3 is 10.1 Å². The van der Waals surface area contributed by atoms with Crippen molar-refractivity contribution >= 4 is 10.0 Å². The van der Waals surface area contributed by atoms with Crippen molar-refractivity contribution in [3.63, 3.8) is 0 Å². The van der Waals surface area contributed by atoms with Crippen LogP contribution in [0.25, 0.3) is 0 Å². The van der Waals surface area contributed by atoms with Gasteiger partial charge in [0.2, 0.25) is 15.6 Å². The van der Waals surface area contributed by atoms with Crippen LogP contribution in [0.15, 0.2) is 28.0 Å². The van der Waals surface area contributed by atoms with E-state index in [2.05, 4.69) is 9.71 Å². The number of aromatic amines is 1. The lowest BCUT2D eigenvalue weighted by atomic mass is 9.95. The molecular formula is C12H20N2O4S. The summed E-state index contributed by atoms with van der Waals surface area (Å²) in [5, 5.41) is 10.1. The lowest BCUT2D eigenvalue weighted by Crippen LogP contribution is -2.41. The quantitative estimate of drug-likeness (QED) is 0.707. The van der Waals surface area contributed by atoms with Gasteiger partial charge in [-0.05, 0) is 25.3 Å². The van der Waals surface area contributed by atoms with E-state index in [0.29, 0.717) is 6.42 Å². The zero-order valence-electron chi connectivity index (χ0n) is 11.3. The van der Waals surface area contributed by atoms with E-state index < -0.39 is 15.6 Å². The molecular weight excluding hydrogens is 268 g/mol. The molecule has 108 valence electrons. The molecule has 0 aliphatic heterocycles. The Morgan fingerprint density at radius 1 is 1.42 bits per heavy atom. The smallest absolute Gasteiger partial charge is 0.247 e. The van der Waals surface area contributed by atoms with Crippen LogP contribution in [0.5, 0.6) is 0 Å². The normalized spacial score (nSPS) is 15.4. The van der Waals surface area contributed by atoms with Crippen molar-refractivity contribution in [2.24, 2.45) is 5.92 Å². The first-order chi connectivity index (χ1) is 8.62. The Hall–Kier alpha value is -1.18. The van der Waals surface area contributed by atoms with Gasteiger partial charge in [0, 0.05) is 18.8 Å². The van der Waals surface area contributed by atoms with E-state index in [-0.39, 0.29) is 22.9 Å². The van der Waals surface area contributed by atoms with Gasteiger partial charge in [-0.1, -0.05) is 13.8 Å². The van der Waals surface area contributed by atoms with Crippen molar-refractivity contribution in [3.05, 3.63) is 28.7 Å². The van der Waals surface area contributed by atoms with Crippen LogP contribution >= 0.6 is 0 Å². The van der Waals surface area contributed by atoms with Crippen molar-refractivity contribution in [2.45, 2.75) is 37.7 Å². The van der Waals surface area contributed by atoms with Crippen molar-refractivity contribution < 1.29 is 13.5 Å². The molecule has 0 fully saturated rings. The Bertz CT molecular complexity index is 555. The molecule has 0 spiro atoms. The molecule has 1 aromatic heterocycles. The second kappa shape index (κ2) is 5.85. The molecule has 1 unspecified atom stereocenters. The minimum Gasteiger partial charge on any atom is -0.389 e. The van der Waals surface area contributed by atoms with E-state index in [1.54, 1.807) is 6.92 Å². The predicted molar refractivity (Wildman–Crippen MR) is 72.3 cm³/mol. The molecule has 0 saturated carbocycles. The van der Waals surface area contributed by atoms with Crippen molar-refractivity contribution in [1.82, 2.24) is 9.71 Å². The van der Waals surface area contributed by atoms with Gasteiger partial charge in [-0.3, -0.25) is 4.79 Å². The SMILES string of the molecule is CC(C)CC(C)(O)CNS(=O)(=O)c1ccc(=O)[nH]c1. The number of hydrogen-bond acceptors (Lipinski definition) is 4. The highest BCUT2D eigenvalue weighted by atomic mass is 32.2. The summed E-state index contributed by atoms with van der Waals surface area (Å²) in [6.45, 7) is 5.41. The Morgan fingerprint density at radius 2 is 2.05 bits per heavy atom. The molecule has 6 nitrogen and oxygen atoms in total. The van der Waals surface area contributed by atoms with Crippen LogP contribution in [-0.4, -0.2) is 30.7 Å². The van der Waals surface area contributed by atoms with Crippen LogP contribution in [0.4, 0.5) is 0 Å². The number of aromatic nitrogens is 1. The van der Waals surface area contributed by atoms with Gasteiger partial charge in [-0.15, -0.1) is 0 Å². The summed E-state index contributed by atoms with van der Waals surface area (Å²) in [5.74, 6) is 0.257. The van der Waals surface area contributed by atoms with E-state index in [1.165, 1.54) is 6.07 Å². The molecule has 0 saturated heterocycles. The number of nitrogens with one attached hydrogen (secondary N) is 2. The zero-order chi connectivity index (χ0) is 14.7. The summed E-state index contributed by atoms with van der Waals surface area (Å²) in [7, 11) is -3.73. The summed E-state index contributed by atoms with van der Waals surface area (Å²) >= 11 is 0. The first kappa shape index (κ1) is 15.9. The van der Waals surface area contributed by atoms with Crippen LogP contribution in [0.3, 0.4) is 0 Å². The molecule has 1 aromatic rings. The number of rotatable bonds is 6. The standard InChI is InChI=1S/C12H20N2O4S/c1-9(2)6-12(3,16)8-14-19(17,18)10-4-5-11(15)13-7-10/h4-5,7,9,14,16H,6,8H2,1-3H3,(H,13,15). The lowest BCUT2D eigenvalue weighted by Gasteiger charge is -2.25. The van der Waals surface area contributed by atoms with Gasteiger partial charge in [-0.25, -0.2) is 13.1 Å². The molecule has 3 N–H and O–H groups in total. The molecule has 7 heteroatoms. The van der Waals surface area contributed by atoms with Crippen LogP contribution in [0.1, 0.15) is 27.2 Å². The average molecular weight is 288 g/mol. The molecule has 1 heterocycles. The van der Waals surface area contributed by atoms with Crippen molar-refractivity contribution in [1.29, 1.82) is 0 Å². The Morgan fingerprint density at radius 3 is 2.53 bits per heavy atom. The molecule has 1 rings (SSSR count). The number of pyridine rings is 1. The molecule has 0 aromatic carbocycles.